The van der Waals surface area contributed by atoms with Gasteiger partial charge in [-0.15, -0.1) is 35.3 Å². The van der Waals surface area contributed by atoms with Crippen LogP contribution < -0.4 is 15.4 Å². The summed E-state index contributed by atoms with van der Waals surface area (Å²) in [6.45, 7) is 0.987. The van der Waals surface area contributed by atoms with Crippen molar-refractivity contribution < 1.29 is 9.84 Å². The number of aliphatic hydroxyl groups is 1. The molecule has 1 aliphatic carbocycles. The number of fused-ring (bicyclic) bond motifs is 1. The van der Waals surface area contributed by atoms with Crippen LogP contribution in [0.4, 0.5) is 0 Å². The van der Waals surface area contributed by atoms with Crippen LogP contribution in [0.1, 0.15) is 42.2 Å². The van der Waals surface area contributed by atoms with E-state index < -0.39 is 6.10 Å². The molecule has 31 heavy (non-hydrogen) atoms. The molecular formula is C23H29IN4O2S. The summed E-state index contributed by atoms with van der Waals surface area (Å²) in [5.41, 5.74) is 1.08. The van der Waals surface area contributed by atoms with E-state index in [1.54, 1.807) is 24.6 Å². The van der Waals surface area contributed by atoms with Gasteiger partial charge in [0.05, 0.1) is 0 Å². The lowest BCUT2D eigenvalue weighted by atomic mass is 10.2. The smallest absolute Gasteiger partial charge is 0.213 e. The van der Waals surface area contributed by atoms with Gasteiger partial charge in [-0.25, -0.2) is 4.98 Å². The Labute approximate surface area is 204 Å². The molecule has 3 aromatic rings. The summed E-state index contributed by atoms with van der Waals surface area (Å²) >= 11 is 1.62. The van der Waals surface area contributed by atoms with E-state index in [1.165, 1.54) is 17.5 Å². The summed E-state index contributed by atoms with van der Waals surface area (Å²) < 4.78 is 7.17. The number of pyridine rings is 1. The maximum atomic E-state index is 10.6. The quantitative estimate of drug-likeness (QED) is 0.226. The molecule has 1 atom stereocenters. The number of aliphatic hydroxyl groups excluding tert-OH is 1. The van der Waals surface area contributed by atoms with Gasteiger partial charge >= 0.3 is 0 Å². The third-order valence-corrected chi connectivity index (χ3v) is 6.53. The Morgan fingerprint density at radius 1 is 1.23 bits per heavy atom. The molecule has 8 heteroatoms. The Balaban J connectivity index is 0.00000272. The maximum absolute atomic E-state index is 10.6. The molecule has 0 spiro atoms. The number of guanidine groups is 1. The molecule has 166 valence electrons. The van der Waals surface area contributed by atoms with Gasteiger partial charge < -0.3 is 20.5 Å². The first-order valence-corrected chi connectivity index (χ1v) is 11.3. The third kappa shape index (κ3) is 6.54. The number of hydrogen-bond donors (Lipinski definition) is 3. The van der Waals surface area contributed by atoms with Crippen molar-refractivity contribution in [2.24, 2.45) is 4.99 Å². The number of nitrogens with zero attached hydrogens (tertiary/aromatic N) is 2. The van der Waals surface area contributed by atoms with E-state index in [1.807, 2.05) is 30.3 Å². The molecule has 1 unspecified atom stereocenters. The molecule has 0 amide bonds. The lowest BCUT2D eigenvalue weighted by Crippen LogP contribution is -2.38. The third-order valence-electron chi connectivity index (χ3n) is 5.31. The molecule has 2 heterocycles. The molecule has 3 N–H and O–H groups in total. The highest BCUT2D eigenvalue weighted by atomic mass is 127. The van der Waals surface area contributed by atoms with Crippen molar-refractivity contribution in [2.45, 2.75) is 44.4 Å². The topological polar surface area (TPSA) is 78.8 Å². The summed E-state index contributed by atoms with van der Waals surface area (Å²) in [6.07, 6.45) is 6.19. The standard InChI is InChI=1S/C23H28N4O2S.HI/c1-24-23(27-15-19(28)21-13-17-6-2-5-9-20(17)30-21)26-14-16-10-11-25-22(12-16)29-18-7-3-4-8-18;/h2,5-6,9-13,18-19,28H,3-4,7-8,14-15H2,1H3,(H2,24,26,27);1H. The van der Waals surface area contributed by atoms with Crippen molar-refractivity contribution in [3.63, 3.8) is 0 Å². The van der Waals surface area contributed by atoms with Crippen LogP contribution in [0.25, 0.3) is 10.1 Å². The van der Waals surface area contributed by atoms with E-state index in [2.05, 4.69) is 32.7 Å². The second-order valence-corrected chi connectivity index (χ2v) is 8.65. The minimum Gasteiger partial charge on any atom is -0.474 e. The number of thiophene rings is 1. The van der Waals surface area contributed by atoms with E-state index >= 15 is 0 Å². The van der Waals surface area contributed by atoms with Crippen molar-refractivity contribution >= 4 is 51.4 Å². The molecule has 1 fully saturated rings. The Kier molecular flexibility index (Phi) is 8.91. The number of nitrogens with one attached hydrogen (secondary N) is 2. The van der Waals surface area contributed by atoms with E-state index in [9.17, 15) is 5.11 Å². The van der Waals surface area contributed by atoms with Gasteiger partial charge in [0.25, 0.3) is 0 Å². The number of aromatic nitrogens is 1. The van der Waals surface area contributed by atoms with Gasteiger partial charge in [-0.1, -0.05) is 18.2 Å². The van der Waals surface area contributed by atoms with Crippen LogP contribution in [0, 0.1) is 0 Å². The van der Waals surface area contributed by atoms with Crippen molar-refractivity contribution in [3.05, 3.63) is 59.1 Å². The maximum Gasteiger partial charge on any atom is 0.213 e. The van der Waals surface area contributed by atoms with Gasteiger partial charge in [-0.3, -0.25) is 4.99 Å². The molecule has 0 aliphatic heterocycles. The number of aliphatic imine (C=N–C) groups is 1. The normalized spacial score (nSPS) is 15.5. The molecule has 6 nitrogen and oxygen atoms in total. The summed E-state index contributed by atoms with van der Waals surface area (Å²) in [6, 6.07) is 14.2. The molecular weight excluding hydrogens is 523 g/mol. The predicted octanol–water partition coefficient (Wildman–Crippen LogP) is 4.63. The highest BCUT2D eigenvalue weighted by Gasteiger charge is 2.17. The van der Waals surface area contributed by atoms with E-state index in [0.29, 0.717) is 31.0 Å². The number of hydrogen-bond acceptors (Lipinski definition) is 5. The molecule has 0 radical (unpaired) electrons. The molecule has 1 aromatic carbocycles. The molecule has 4 rings (SSSR count). The molecule has 1 aliphatic rings. The lowest BCUT2D eigenvalue weighted by molar-refractivity contribution is 0.184. The first-order valence-electron chi connectivity index (χ1n) is 10.4. The molecule has 2 aromatic heterocycles. The van der Waals surface area contributed by atoms with Crippen molar-refractivity contribution in [1.82, 2.24) is 15.6 Å². The van der Waals surface area contributed by atoms with Gasteiger partial charge in [-0.2, -0.15) is 0 Å². The fraction of sp³-hybridized carbons (Fsp3) is 0.391. The van der Waals surface area contributed by atoms with Crippen LogP contribution in [-0.2, 0) is 6.54 Å². The minimum atomic E-state index is -0.590. The fourth-order valence-corrected chi connectivity index (χ4v) is 4.72. The van der Waals surface area contributed by atoms with E-state index in [4.69, 9.17) is 4.74 Å². The number of halogens is 1. The Hall–Kier alpha value is -1.91. The van der Waals surface area contributed by atoms with Crippen molar-refractivity contribution in [3.8, 4) is 5.88 Å². The lowest BCUT2D eigenvalue weighted by Gasteiger charge is -2.15. The molecule has 0 bridgehead atoms. The van der Waals surface area contributed by atoms with Crippen molar-refractivity contribution in [2.75, 3.05) is 13.6 Å². The van der Waals surface area contributed by atoms with Crippen LogP contribution in [0.2, 0.25) is 0 Å². The van der Waals surface area contributed by atoms with Gasteiger partial charge in [0, 0.05) is 42.0 Å². The predicted molar refractivity (Wildman–Crippen MR) is 138 cm³/mol. The SMILES string of the molecule is CN=C(NCc1ccnc(OC2CCCC2)c1)NCC(O)c1cc2ccccc2s1.I. The summed E-state index contributed by atoms with van der Waals surface area (Å²) in [7, 11) is 1.72. The Bertz CT molecular complexity index is 971. The molecule has 0 saturated heterocycles. The van der Waals surface area contributed by atoms with Gasteiger partial charge in [0.1, 0.15) is 12.2 Å². The number of ether oxygens (including phenoxy) is 1. The van der Waals surface area contributed by atoms with E-state index in [-0.39, 0.29) is 24.0 Å². The average Bonchev–Trinajstić information content (AvgIpc) is 3.43. The largest absolute Gasteiger partial charge is 0.474 e. The zero-order valence-electron chi connectivity index (χ0n) is 17.6. The summed E-state index contributed by atoms with van der Waals surface area (Å²) in [4.78, 5) is 9.54. The summed E-state index contributed by atoms with van der Waals surface area (Å²) in [5.74, 6) is 1.33. The van der Waals surface area contributed by atoms with Crippen LogP contribution in [0.3, 0.4) is 0 Å². The Morgan fingerprint density at radius 2 is 2.03 bits per heavy atom. The van der Waals surface area contributed by atoms with Crippen LogP contribution in [0.15, 0.2) is 53.7 Å². The zero-order chi connectivity index (χ0) is 20.8. The minimum absolute atomic E-state index is 0. The van der Waals surface area contributed by atoms with Gasteiger partial charge in [-0.05, 0) is 54.8 Å². The number of benzene rings is 1. The molecule has 1 saturated carbocycles. The first-order chi connectivity index (χ1) is 14.7. The Morgan fingerprint density at radius 3 is 2.81 bits per heavy atom. The zero-order valence-corrected chi connectivity index (χ0v) is 20.7. The van der Waals surface area contributed by atoms with Crippen molar-refractivity contribution in [1.29, 1.82) is 0 Å². The fourth-order valence-electron chi connectivity index (χ4n) is 3.67. The highest BCUT2D eigenvalue weighted by Crippen LogP contribution is 2.29. The second kappa shape index (κ2) is 11.6. The second-order valence-electron chi connectivity index (χ2n) is 7.54. The van der Waals surface area contributed by atoms with Crippen LogP contribution in [0.5, 0.6) is 5.88 Å². The number of rotatable bonds is 7. The van der Waals surface area contributed by atoms with Crippen LogP contribution >= 0.6 is 35.3 Å². The van der Waals surface area contributed by atoms with Gasteiger partial charge in [0.2, 0.25) is 5.88 Å². The van der Waals surface area contributed by atoms with Crippen LogP contribution in [-0.4, -0.2) is 35.7 Å². The summed E-state index contributed by atoms with van der Waals surface area (Å²) in [5, 5.41) is 18.2. The monoisotopic (exact) mass is 552 g/mol. The van der Waals surface area contributed by atoms with Gasteiger partial charge in [0.15, 0.2) is 5.96 Å². The average molecular weight is 552 g/mol. The highest BCUT2D eigenvalue weighted by molar-refractivity contribution is 14.0. The van der Waals surface area contributed by atoms with E-state index in [0.717, 1.165) is 28.7 Å². The first kappa shape index (κ1) is 23.7.